The fraction of sp³-hybridized carbons (Fsp3) is 0.500. The van der Waals surface area contributed by atoms with E-state index in [2.05, 4.69) is 0 Å². The van der Waals surface area contributed by atoms with Crippen LogP contribution in [-0.4, -0.2) is 36.2 Å². The summed E-state index contributed by atoms with van der Waals surface area (Å²) in [5.41, 5.74) is 1.00. The van der Waals surface area contributed by atoms with Crippen molar-refractivity contribution in [2.75, 3.05) is 14.2 Å². The summed E-state index contributed by atoms with van der Waals surface area (Å²) < 4.78 is 5.27. The number of para-hydroxylation sites is 1. The summed E-state index contributed by atoms with van der Waals surface area (Å²) >= 11 is 0. The van der Waals surface area contributed by atoms with Gasteiger partial charge in [-0.05, 0) is 19.5 Å². The standard InChI is InChI=1S/C14H21NO3/c1-4-7-12(14(16)17)15(2)10-11-8-5-6-9-13(11)18-3/h5-6,8-9,12H,4,7,10H2,1-3H3,(H,16,17). The minimum Gasteiger partial charge on any atom is -0.496 e. The molecule has 0 saturated carbocycles. The highest BCUT2D eigenvalue weighted by Gasteiger charge is 2.22. The molecule has 0 aromatic heterocycles. The maximum Gasteiger partial charge on any atom is 0.320 e. The molecule has 4 nitrogen and oxygen atoms in total. The van der Waals surface area contributed by atoms with Gasteiger partial charge in [-0.3, -0.25) is 9.69 Å². The highest BCUT2D eigenvalue weighted by atomic mass is 16.5. The topological polar surface area (TPSA) is 49.8 Å². The average Bonchev–Trinajstić information content (AvgIpc) is 2.36. The van der Waals surface area contributed by atoms with Gasteiger partial charge in [0.2, 0.25) is 0 Å². The Bertz CT molecular complexity index is 392. The number of likely N-dealkylation sites (N-methyl/N-ethyl adjacent to an activating group) is 1. The normalized spacial score (nSPS) is 12.4. The summed E-state index contributed by atoms with van der Waals surface area (Å²) in [4.78, 5) is 13.1. The third kappa shape index (κ3) is 3.74. The van der Waals surface area contributed by atoms with E-state index in [4.69, 9.17) is 4.74 Å². The summed E-state index contributed by atoms with van der Waals surface area (Å²) in [6, 6.07) is 7.24. The van der Waals surface area contributed by atoms with Gasteiger partial charge in [0.25, 0.3) is 0 Å². The maximum atomic E-state index is 11.2. The smallest absolute Gasteiger partial charge is 0.320 e. The molecule has 0 bridgehead atoms. The molecule has 0 fully saturated rings. The molecule has 0 aliphatic rings. The van der Waals surface area contributed by atoms with E-state index in [1.807, 2.05) is 43.1 Å². The van der Waals surface area contributed by atoms with Gasteiger partial charge in [-0.1, -0.05) is 31.5 Å². The number of carboxylic acid groups (broad SMARTS) is 1. The van der Waals surface area contributed by atoms with Gasteiger partial charge in [0.1, 0.15) is 11.8 Å². The van der Waals surface area contributed by atoms with Gasteiger partial charge in [0.15, 0.2) is 0 Å². The van der Waals surface area contributed by atoms with Gasteiger partial charge in [-0.2, -0.15) is 0 Å². The van der Waals surface area contributed by atoms with Crippen molar-refractivity contribution in [2.24, 2.45) is 0 Å². The molecule has 1 unspecified atom stereocenters. The van der Waals surface area contributed by atoms with E-state index in [1.165, 1.54) is 0 Å². The van der Waals surface area contributed by atoms with Crippen LogP contribution in [0.2, 0.25) is 0 Å². The van der Waals surface area contributed by atoms with E-state index >= 15 is 0 Å². The van der Waals surface area contributed by atoms with Crippen molar-refractivity contribution in [1.29, 1.82) is 0 Å². The first-order chi connectivity index (χ1) is 8.60. The van der Waals surface area contributed by atoms with E-state index < -0.39 is 12.0 Å². The van der Waals surface area contributed by atoms with E-state index in [0.29, 0.717) is 13.0 Å². The molecule has 18 heavy (non-hydrogen) atoms. The maximum absolute atomic E-state index is 11.2. The number of benzene rings is 1. The molecule has 0 amide bonds. The monoisotopic (exact) mass is 251 g/mol. The lowest BCUT2D eigenvalue weighted by Crippen LogP contribution is -2.37. The van der Waals surface area contributed by atoms with Crippen molar-refractivity contribution >= 4 is 5.97 Å². The predicted molar refractivity (Wildman–Crippen MR) is 70.8 cm³/mol. The lowest BCUT2D eigenvalue weighted by atomic mass is 10.1. The van der Waals surface area contributed by atoms with Crippen LogP contribution in [0.25, 0.3) is 0 Å². The molecule has 0 heterocycles. The number of ether oxygens (including phenoxy) is 1. The van der Waals surface area contributed by atoms with Crippen molar-refractivity contribution in [2.45, 2.75) is 32.4 Å². The molecule has 0 radical (unpaired) electrons. The Labute approximate surface area is 108 Å². The van der Waals surface area contributed by atoms with E-state index in [1.54, 1.807) is 7.11 Å². The van der Waals surface area contributed by atoms with Crippen LogP contribution in [0.15, 0.2) is 24.3 Å². The Kier molecular flexibility index (Phi) is 5.65. The summed E-state index contributed by atoms with van der Waals surface area (Å²) in [6.45, 7) is 2.56. The van der Waals surface area contributed by atoms with Crippen molar-refractivity contribution in [3.63, 3.8) is 0 Å². The highest BCUT2D eigenvalue weighted by Crippen LogP contribution is 2.20. The first kappa shape index (κ1) is 14.5. The first-order valence-corrected chi connectivity index (χ1v) is 6.15. The minimum absolute atomic E-state index is 0.445. The first-order valence-electron chi connectivity index (χ1n) is 6.15. The third-order valence-corrected chi connectivity index (χ3v) is 2.99. The second-order valence-electron chi connectivity index (χ2n) is 4.37. The lowest BCUT2D eigenvalue weighted by Gasteiger charge is -2.25. The number of aliphatic carboxylic acids is 1. The zero-order valence-corrected chi connectivity index (χ0v) is 11.2. The molecule has 0 aliphatic carbocycles. The Hall–Kier alpha value is -1.55. The largest absolute Gasteiger partial charge is 0.496 e. The molecule has 0 aliphatic heterocycles. The highest BCUT2D eigenvalue weighted by molar-refractivity contribution is 5.73. The van der Waals surface area contributed by atoms with Crippen molar-refractivity contribution in [3.05, 3.63) is 29.8 Å². The molecule has 1 rings (SSSR count). The van der Waals surface area contributed by atoms with E-state index in [9.17, 15) is 9.90 Å². The zero-order chi connectivity index (χ0) is 13.5. The van der Waals surface area contributed by atoms with Crippen molar-refractivity contribution < 1.29 is 14.6 Å². The van der Waals surface area contributed by atoms with Crippen LogP contribution in [0.5, 0.6) is 5.75 Å². The van der Waals surface area contributed by atoms with Crippen LogP contribution in [0, 0.1) is 0 Å². The Morgan fingerprint density at radius 2 is 2.11 bits per heavy atom. The van der Waals surface area contributed by atoms with Crippen molar-refractivity contribution in [1.82, 2.24) is 4.90 Å². The SMILES string of the molecule is CCCC(C(=O)O)N(C)Cc1ccccc1OC. The number of nitrogens with zero attached hydrogens (tertiary/aromatic N) is 1. The number of methoxy groups -OCH3 is 1. The molecule has 0 spiro atoms. The molecule has 1 N–H and O–H groups in total. The summed E-state index contributed by atoms with van der Waals surface area (Å²) in [6.07, 6.45) is 1.51. The second kappa shape index (κ2) is 7.01. The van der Waals surface area contributed by atoms with Crippen LogP contribution in [0.3, 0.4) is 0 Å². The minimum atomic E-state index is -0.769. The lowest BCUT2D eigenvalue weighted by molar-refractivity contribution is -0.143. The van der Waals surface area contributed by atoms with Gasteiger partial charge >= 0.3 is 5.97 Å². The molecule has 1 aromatic rings. The number of hydrogen-bond donors (Lipinski definition) is 1. The number of carbonyl (C=O) groups is 1. The van der Waals surface area contributed by atoms with Gasteiger partial charge in [-0.25, -0.2) is 0 Å². The summed E-state index contributed by atoms with van der Waals surface area (Å²) in [5.74, 6) is 0.0271. The molecule has 1 aromatic carbocycles. The van der Waals surface area contributed by atoms with Crippen molar-refractivity contribution in [3.8, 4) is 5.75 Å². The van der Waals surface area contributed by atoms with Gasteiger partial charge in [-0.15, -0.1) is 0 Å². The van der Waals surface area contributed by atoms with Crippen LogP contribution in [-0.2, 0) is 11.3 Å². The van der Waals surface area contributed by atoms with Crippen LogP contribution >= 0.6 is 0 Å². The van der Waals surface area contributed by atoms with Gasteiger partial charge < -0.3 is 9.84 Å². The van der Waals surface area contributed by atoms with Gasteiger partial charge in [0.05, 0.1) is 7.11 Å². The van der Waals surface area contributed by atoms with Crippen LogP contribution < -0.4 is 4.74 Å². The number of carboxylic acids is 1. The Balaban J connectivity index is 2.78. The average molecular weight is 251 g/mol. The van der Waals surface area contributed by atoms with Crippen LogP contribution in [0.1, 0.15) is 25.3 Å². The number of rotatable bonds is 7. The third-order valence-electron chi connectivity index (χ3n) is 2.99. The molecular weight excluding hydrogens is 230 g/mol. The molecule has 0 saturated heterocycles. The Morgan fingerprint density at radius 3 is 2.67 bits per heavy atom. The quantitative estimate of drug-likeness (QED) is 0.808. The van der Waals surface area contributed by atoms with Gasteiger partial charge in [0, 0.05) is 12.1 Å². The predicted octanol–water partition coefficient (Wildman–Crippen LogP) is 2.38. The molecular formula is C14H21NO3. The summed E-state index contributed by atoms with van der Waals surface area (Å²) in [5, 5.41) is 9.21. The molecule has 100 valence electrons. The zero-order valence-electron chi connectivity index (χ0n) is 11.2. The summed E-state index contributed by atoms with van der Waals surface area (Å²) in [7, 11) is 3.46. The fourth-order valence-electron chi connectivity index (χ4n) is 2.02. The second-order valence-corrected chi connectivity index (χ2v) is 4.37. The Morgan fingerprint density at radius 1 is 1.44 bits per heavy atom. The molecule has 1 atom stereocenters. The fourth-order valence-corrected chi connectivity index (χ4v) is 2.02. The molecule has 4 heteroatoms. The van der Waals surface area contributed by atoms with E-state index in [0.717, 1.165) is 17.7 Å². The van der Waals surface area contributed by atoms with Crippen LogP contribution in [0.4, 0.5) is 0 Å². The van der Waals surface area contributed by atoms with E-state index in [-0.39, 0.29) is 0 Å². The number of hydrogen-bond acceptors (Lipinski definition) is 3.